The van der Waals surface area contributed by atoms with Gasteiger partial charge in [-0.3, -0.25) is 4.79 Å². The Hall–Kier alpha value is -2.82. The van der Waals surface area contributed by atoms with Crippen molar-refractivity contribution in [1.82, 2.24) is 4.98 Å². The number of carbonyl (C=O) groups excluding carboxylic acids is 1. The SMILES string of the molecule is COc1ccc2cc(C(=O)Nc3ccc(F)cc3C)[nH]c2c1. The van der Waals surface area contributed by atoms with E-state index in [4.69, 9.17) is 4.74 Å². The molecule has 1 heterocycles. The van der Waals surface area contributed by atoms with E-state index in [9.17, 15) is 9.18 Å². The smallest absolute Gasteiger partial charge is 0.272 e. The number of benzene rings is 2. The molecule has 0 aliphatic carbocycles. The van der Waals surface area contributed by atoms with E-state index in [0.29, 0.717) is 16.9 Å². The third-order valence-corrected chi connectivity index (χ3v) is 3.51. The molecule has 3 aromatic rings. The van der Waals surface area contributed by atoms with Gasteiger partial charge in [0.25, 0.3) is 5.91 Å². The van der Waals surface area contributed by atoms with E-state index in [-0.39, 0.29) is 11.7 Å². The maximum Gasteiger partial charge on any atom is 0.272 e. The number of amides is 1. The van der Waals surface area contributed by atoms with Gasteiger partial charge in [-0.2, -0.15) is 0 Å². The number of aryl methyl sites for hydroxylation is 1. The number of aromatic nitrogens is 1. The molecule has 0 aliphatic rings. The van der Waals surface area contributed by atoms with Gasteiger partial charge in [-0.25, -0.2) is 4.39 Å². The molecular formula is C17H15FN2O2. The molecule has 0 radical (unpaired) electrons. The van der Waals surface area contributed by atoms with E-state index in [2.05, 4.69) is 10.3 Å². The predicted octanol–water partition coefficient (Wildman–Crippen LogP) is 3.88. The Kier molecular flexibility index (Phi) is 3.55. The van der Waals surface area contributed by atoms with E-state index >= 15 is 0 Å². The van der Waals surface area contributed by atoms with Gasteiger partial charge >= 0.3 is 0 Å². The van der Waals surface area contributed by atoms with Crippen LogP contribution in [0, 0.1) is 12.7 Å². The number of rotatable bonds is 3. The number of aromatic amines is 1. The largest absolute Gasteiger partial charge is 0.497 e. The highest BCUT2D eigenvalue weighted by Gasteiger charge is 2.11. The van der Waals surface area contributed by atoms with Crippen molar-refractivity contribution in [2.45, 2.75) is 6.92 Å². The second-order valence-corrected chi connectivity index (χ2v) is 5.05. The molecule has 0 saturated carbocycles. The lowest BCUT2D eigenvalue weighted by atomic mass is 10.2. The number of fused-ring (bicyclic) bond motifs is 1. The van der Waals surface area contributed by atoms with Crippen molar-refractivity contribution in [3.8, 4) is 5.75 Å². The maximum absolute atomic E-state index is 13.1. The molecule has 0 spiro atoms. The van der Waals surface area contributed by atoms with Crippen molar-refractivity contribution in [2.75, 3.05) is 12.4 Å². The summed E-state index contributed by atoms with van der Waals surface area (Å²) in [6.45, 7) is 1.74. The van der Waals surface area contributed by atoms with Gasteiger partial charge in [-0.05, 0) is 48.9 Å². The fourth-order valence-electron chi connectivity index (χ4n) is 2.31. The lowest BCUT2D eigenvalue weighted by molar-refractivity contribution is 0.102. The zero-order valence-electron chi connectivity index (χ0n) is 12.2. The predicted molar refractivity (Wildman–Crippen MR) is 83.9 cm³/mol. The number of carbonyl (C=O) groups is 1. The standard InChI is InChI=1S/C17H15FN2O2/c1-10-7-12(18)4-6-14(10)20-17(21)16-8-11-3-5-13(22-2)9-15(11)19-16/h3-9,19H,1-2H3,(H,20,21). The molecule has 0 aliphatic heterocycles. The average molecular weight is 298 g/mol. The Morgan fingerprint density at radius 2 is 2.00 bits per heavy atom. The van der Waals surface area contributed by atoms with E-state index in [1.165, 1.54) is 12.1 Å². The van der Waals surface area contributed by atoms with Gasteiger partial charge in [-0.1, -0.05) is 0 Å². The number of hydrogen-bond donors (Lipinski definition) is 2. The zero-order valence-corrected chi connectivity index (χ0v) is 12.2. The van der Waals surface area contributed by atoms with E-state index in [1.807, 2.05) is 18.2 Å². The van der Waals surface area contributed by atoms with Crippen LogP contribution >= 0.6 is 0 Å². The molecule has 0 bridgehead atoms. The molecule has 0 unspecified atom stereocenters. The Balaban J connectivity index is 1.88. The molecular weight excluding hydrogens is 283 g/mol. The van der Waals surface area contributed by atoms with Crippen LogP contribution in [0.25, 0.3) is 10.9 Å². The van der Waals surface area contributed by atoms with Crippen molar-refractivity contribution >= 4 is 22.5 Å². The Morgan fingerprint density at radius 3 is 2.73 bits per heavy atom. The van der Waals surface area contributed by atoms with Gasteiger partial charge in [-0.15, -0.1) is 0 Å². The highest BCUT2D eigenvalue weighted by molar-refractivity contribution is 6.06. The summed E-state index contributed by atoms with van der Waals surface area (Å²) in [5.74, 6) is 0.119. The summed E-state index contributed by atoms with van der Waals surface area (Å²) in [7, 11) is 1.59. The van der Waals surface area contributed by atoms with Gasteiger partial charge in [0, 0.05) is 22.7 Å². The third kappa shape index (κ3) is 2.65. The molecule has 0 atom stereocenters. The van der Waals surface area contributed by atoms with Gasteiger partial charge in [0.15, 0.2) is 0 Å². The van der Waals surface area contributed by atoms with Crippen LogP contribution in [0.1, 0.15) is 16.1 Å². The van der Waals surface area contributed by atoms with Gasteiger partial charge in [0.1, 0.15) is 17.3 Å². The van der Waals surface area contributed by atoms with Gasteiger partial charge < -0.3 is 15.0 Å². The van der Waals surface area contributed by atoms with Crippen molar-refractivity contribution in [3.63, 3.8) is 0 Å². The van der Waals surface area contributed by atoms with Crippen LogP contribution in [0.15, 0.2) is 42.5 Å². The summed E-state index contributed by atoms with van der Waals surface area (Å²) in [5.41, 5.74) is 2.51. The molecule has 2 N–H and O–H groups in total. The van der Waals surface area contributed by atoms with Crippen molar-refractivity contribution < 1.29 is 13.9 Å². The van der Waals surface area contributed by atoms with E-state index in [0.717, 1.165) is 16.7 Å². The second-order valence-electron chi connectivity index (χ2n) is 5.05. The number of nitrogens with one attached hydrogen (secondary N) is 2. The summed E-state index contributed by atoms with van der Waals surface area (Å²) >= 11 is 0. The first kappa shape index (κ1) is 14.1. The van der Waals surface area contributed by atoms with Crippen LogP contribution in [-0.2, 0) is 0 Å². The van der Waals surface area contributed by atoms with Gasteiger partial charge in [0.2, 0.25) is 0 Å². The summed E-state index contributed by atoms with van der Waals surface area (Å²) in [5, 5.41) is 3.69. The van der Waals surface area contributed by atoms with Crippen LogP contribution in [0.5, 0.6) is 5.75 Å². The van der Waals surface area contributed by atoms with Crippen LogP contribution < -0.4 is 10.1 Å². The fraction of sp³-hybridized carbons (Fsp3) is 0.118. The molecule has 5 heteroatoms. The van der Waals surface area contributed by atoms with Crippen LogP contribution in [0.3, 0.4) is 0 Å². The van der Waals surface area contributed by atoms with Crippen LogP contribution in [0.4, 0.5) is 10.1 Å². The molecule has 2 aromatic carbocycles. The van der Waals surface area contributed by atoms with Crippen molar-refractivity contribution in [3.05, 3.63) is 59.5 Å². The normalized spacial score (nSPS) is 10.7. The highest BCUT2D eigenvalue weighted by atomic mass is 19.1. The molecule has 0 saturated heterocycles. The van der Waals surface area contributed by atoms with Crippen LogP contribution in [-0.4, -0.2) is 18.0 Å². The molecule has 3 rings (SSSR count). The Bertz CT molecular complexity index is 855. The highest BCUT2D eigenvalue weighted by Crippen LogP contribution is 2.22. The number of anilines is 1. The number of hydrogen-bond acceptors (Lipinski definition) is 2. The van der Waals surface area contributed by atoms with Crippen molar-refractivity contribution in [1.29, 1.82) is 0 Å². The molecule has 22 heavy (non-hydrogen) atoms. The number of H-pyrrole nitrogens is 1. The molecule has 1 amide bonds. The average Bonchev–Trinajstić information content (AvgIpc) is 2.93. The third-order valence-electron chi connectivity index (χ3n) is 3.51. The monoisotopic (exact) mass is 298 g/mol. The van der Waals surface area contributed by atoms with E-state index < -0.39 is 0 Å². The maximum atomic E-state index is 13.1. The minimum absolute atomic E-state index is 0.273. The Morgan fingerprint density at radius 1 is 1.18 bits per heavy atom. The lowest BCUT2D eigenvalue weighted by Crippen LogP contribution is -2.13. The summed E-state index contributed by atoms with van der Waals surface area (Å²) < 4.78 is 18.2. The topological polar surface area (TPSA) is 54.1 Å². The first-order chi connectivity index (χ1) is 10.6. The molecule has 112 valence electrons. The Labute approximate surface area is 126 Å². The number of ether oxygens (including phenoxy) is 1. The summed E-state index contributed by atoms with van der Waals surface area (Å²) in [4.78, 5) is 15.4. The van der Waals surface area contributed by atoms with Crippen molar-refractivity contribution in [2.24, 2.45) is 0 Å². The second kappa shape index (κ2) is 5.52. The van der Waals surface area contributed by atoms with Gasteiger partial charge in [0.05, 0.1) is 7.11 Å². The molecule has 1 aromatic heterocycles. The first-order valence-electron chi connectivity index (χ1n) is 6.81. The summed E-state index contributed by atoms with van der Waals surface area (Å²) in [6.07, 6.45) is 0. The minimum Gasteiger partial charge on any atom is -0.497 e. The fourth-order valence-corrected chi connectivity index (χ4v) is 2.31. The number of halogens is 1. The quantitative estimate of drug-likeness (QED) is 0.771. The molecule has 4 nitrogen and oxygen atoms in total. The van der Waals surface area contributed by atoms with E-state index in [1.54, 1.807) is 26.2 Å². The number of methoxy groups -OCH3 is 1. The van der Waals surface area contributed by atoms with Crippen LogP contribution in [0.2, 0.25) is 0 Å². The molecule has 0 fully saturated rings. The first-order valence-corrected chi connectivity index (χ1v) is 6.81. The summed E-state index contributed by atoms with van der Waals surface area (Å²) in [6, 6.07) is 11.6. The lowest BCUT2D eigenvalue weighted by Gasteiger charge is -2.07. The minimum atomic E-state index is -0.326. The zero-order chi connectivity index (χ0) is 15.7.